The maximum Gasteiger partial charge on any atom is 0.0300 e. The molecule has 1 nitrogen and oxygen atoms in total. The molecule has 0 heterocycles. The first-order valence-electron chi connectivity index (χ1n) is 5.18. The maximum atomic E-state index is 6.18. The van der Waals surface area contributed by atoms with Crippen molar-refractivity contribution in [2.24, 2.45) is 11.7 Å². The van der Waals surface area contributed by atoms with Gasteiger partial charge >= 0.3 is 0 Å². The van der Waals surface area contributed by atoms with Gasteiger partial charge in [0.1, 0.15) is 0 Å². The molecule has 0 saturated heterocycles. The molecule has 1 aromatic carbocycles. The molecular formula is C12H16BrN. The van der Waals surface area contributed by atoms with Crippen LogP contribution in [0.15, 0.2) is 22.7 Å². The van der Waals surface area contributed by atoms with Gasteiger partial charge in [-0.25, -0.2) is 0 Å². The van der Waals surface area contributed by atoms with Crippen LogP contribution in [0.5, 0.6) is 0 Å². The second-order valence-electron chi connectivity index (χ2n) is 4.29. The van der Waals surface area contributed by atoms with Crippen molar-refractivity contribution in [3.63, 3.8) is 0 Å². The van der Waals surface area contributed by atoms with E-state index in [9.17, 15) is 0 Å². The van der Waals surface area contributed by atoms with Crippen molar-refractivity contribution in [2.75, 3.05) is 0 Å². The number of hydrogen-bond donors (Lipinski definition) is 1. The summed E-state index contributed by atoms with van der Waals surface area (Å²) in [5.41, 5.74) is 8.79. The fourth-order valence-corrected chi connectivity index (χ4v) is 2.23. The highest BCUT2D eigenvalue weighted by molar-refractivity contribution is 9.10. The van der Waals surface area contributed by atoms with Crippen LogP contribution in [0, 0.1) is 12.8 Å². The zero-order chi connectivity index (χ0) is 10.1. The minimum Gasteiger partial charge on any atom is -0.324 e. The van der Waals surface area contributed by atoms with Gasteiger partial charge in [0.15, 0.2) is 0 Å². The first-order chi connectivity index (χ1) is 6.66. The molecule has 0 aliphatic heterocycles. The lowest BCUT2D eigenvalue weighted by atomic mass is 9.98. The first kappa shape index (κ1) is 10.2. The van der Waals surface area contributed by atoms with E-state index in [1.165, 1.54) is 24.0 Å². The quantitative estimate of drug-likeness (QED) is 0.876. The van der Waals surface area contributed by atoms with Crippen molar-refractivity contribution in [1.29, 1.82) is 0 Å². The molecule has 0 aromatic heterocycles. The minimum absolute atomic E-state index is 0.222. The van der Waals surface area contributed by atoms with Crippen molar-refractivity contribution >= 4 is 15.9 Å². The van der Waals surface area contributed by atoms with E-state index in [4.69, 9.17) is 5.73 Å². The first-order valence-corrected chi connectivity index (χ1v) is 5.98. The third-order valence-electron chi connectivity index (χ3n) is 2.92. The Hall–Kier alpha value is -0.340. The highest BCUT2D eigenvalue weighted by Gasteiger charge is 2.24. The van der Waals surface area contributed by atoms with Crippen LogP contribution in [0.4, 0.5) is 0 Å². The second-order valence-corrected chi connectivity index (χ2v) is 5.20. The van der Waals surface area contributed by atoms with Crippen LogP contribution >= 0.6 is 15.9 Å². The van der Waals surface area contributed by atoms with E-state index < -0.39 is 0 Å². The molecule has 76 valence electrons. The molecule has 2 N–H and O–H groups in total. The number of halogens is 1. The van der Waals surface area contributed by atoms with Crippen LogP contribution in [-0.4, -0.2) is 0 Å². The van der Waals surface area contributed by atoms with Crippen molar-refractivity contribution in [2.45, 2.75) is 32.2 Å². The molecular weight excluding hydrogens is 238 g/mol. The minimum atomic E-state index is 0.222. The third kappa shape index (κ3) is 2.37. The van der Waals surface area contributed by atoms with Crippen molar-refractivity contribution in [3.8, 4) is 0 Å². The SMILES string of the molecule is Cc1ccc(Br)cc1[C@@H](N)CC1CC1. The van der Waals surface area contributed by atoms with Gasteiger partial charge in [-0.05, 0) is 42.5 Å². The molecule has 1 aromatic rings. The van der Waals surface area contributed by atoms with Crippen LogP contribution in [0.3, 0.4) is 0 Å². The Morgan fingerprint density at radius 1 is 1.50 bits per heavy atom. The van der Waals surface area contributed by atoms with Crippen LogP contribution in [0.25, 0.3) is 0 Å². The average molecular weight is 254 g/mol. The zero-order valence-electron chi connectivity index (χ0n) is 8.46. The fraction of sp³-hybridized carbons (Fsp3) is 0.500. The number of rotatable bonds is 3. The van der Waals surface area contributed by atoms with E-state index in [1.807, 2.05) is 0 Å². The van der Waals surface area contributed by atoms with Crippen LogP contribution in [-0.2, 0) is 0 Å². The van der Waals surface area contributed by atoms with Crippen molar-refractivity contribution in [3.05, 3.63) is 33.8 Å². The van der Waals surface area contributed by atoms with Crippen LogP contribution in [0.2, 0.25) is 0 Å². The Morgan fingerprint density at radius 3 is 2.86 bits per heavy atom. The van der Waals surface area contributed by atoms with E-state index in [-0.39, 0.29) is 6.04 Å². The van der Waals surface area contributed by atoms with Crippen LogP contribution in [0.1, 0.15) is 36.4 Å². The van der Waals surface area contributed by atoms with Gasteiger partial charge in [0.2, 0.25) is 0 Å². The number of hydrogen-bond acceptors (Lipinski definition) is 1. The molecule has 14 heavy (non-hydrogen) atoms. The Morgan fingerprint density at radius 2 is 2.21 bits per heavy atom. The summed E-state index contributed by atoms with van der Waals surface area (Å²) in [7, 11) is 0. The topological polar surface area (TPSA) is 26.0 Å². The molecule has 0 spiro atoms. The monoisotopic (exact) mass is 253 g/mol. The number of aryl methyl sites for hydroxylation is 1. The van der Waals surface area contributed by atoms with E-state index in [2.05, 4.69) is 41.1 Å². The summed E-state index contributed by atoms with van der Waals surface area (Å²) in [6, 6.07) is 6.58. The van der Waals surface area contributed by atoms with Gasteiger partial charge < -0.3 is 5.73 Å². The van der Waals surface area contributed by atoms with Gasteiger partial charge in [-0.15, -0.1) is 0 Å². The average Bonchev–Trinajstić information content (AvgIpc) is 2.93. The van der Waals surface area contributed by atoms with E-state index >= 15 is 0 Å². The highest BCUT2D eigenvalue weighted by Crippen LogP contribution is 2.37. The molecule has 1 atom stereocenters. The molecule has 0 radical (unpaired) electrons. The predicted molar refractivity (Wildman–Crippen MR) is 63.1 cm³/mol. The Bertz CT molecular complexity index is 331. The molecule has 2 heteroatoms. The summed E-state index contributed by atoms with van der Waals surface area (Å²) in [6.45, 7) is 2.13. The summed E-state index contributed by atoms with van der Waals surface area (Å²) < 4.78 is 1.13. The molecule has 0 amide bonds. The number of benzene rings is 1. The second kappa shape index (κ2) is 4.03. The standard InChI is InChI=1S/C12H16BrN/c1-8-2-5-10(13)7-11(8)12(14)6-9-3-4-9/h2,5,7,9,12H,3-4,6,14H2,1H3/t12-/m0/s1. The lowest BCUT2D eigenvalue weighted by Crippen LogP contribution is -2.12. The maximum absolute atomic E-state index is 6.18. The zero-order valence-corrected chi connectivity index (χ0v) is 10.0. The molecule has 1 aliphatic rings. The van der Waals surface area contributed by atoms with Gasteiger partial charge in [0, 0.05) is 10.5 Å². The van der Waals surface area contributed by atoms with Gasteiger partial charge in [-0.1, -0.05) is 34.8 Å². The summed E-state index contributed by atoms with van der Waals surface area (Å²) >= 11 is 3.49. The lowest BCUT2D eigenvalue weighted by molar-refractivity contribution is 0.594. The Labute approximate surface area is 93.8 Å². The lowest BCUT2D eigenvalue weighted by Gasteiger charge is -2.14. The van der Waals surface area contributed by atoms with Crippen LogP contribution < -0.4 is 5.73 Å². The molecule has 0 unspecified atom stereocenters. The summed E-state index contributed by atoms with van der Waals surface area (Å²) in [4.78, 5) is 0. The predicted octanol–water partition coefficient (Wildman–Crippen LogP) is 3.56. The smallest absolute Gasteiger partial charge is 0.0300 e. The van der Waals surface area contributed by atoms with Crippen molar-refractivity contribution < 1.29 is 0 Å². The van der Waals surface area contributed by atoms with Crippen molar-refractivity contribution in [1.82, 2.24) is 0 Å². The Kier molecular flexibility index (Phi) is 2.93. The summed E-state index contributed by atoms with van der Waals surface area (Å²) in [5, 5.41) is 0. The van der Waals surface area contributed by atoms with Gasteiger partial charge in [0.05, 0.1) is 0 Å². The molecule has 2 rings (SSSR count). The normalized spacial score (nSPS) is 18.2. The fourth-order valence-electron chi connectivity index (χ4n) is 1.85. The summed E-state index contributed by atoms with van der Waals surface area (Å²) in [5.74, 6) is 0.892. The highest BCUT2D eigenvalue weighted by atomic mass is 79.9. The van der Waals surface area contributed by atoms with E-state index in [0.29, 0.717) is 0 Å². The number of nitrogens with two attached hydrogens (primary N) is 1. The Balaban J connectivity index is 2.15. The van der Waals surface area contributed by atoms with Gasteiger partial charge in [-0.2, -0.15) is 0 Å². The van der Waals surface area contributed by atoms with Gasteiger partial charge in [-0.3, -0.25) is 0 Å². The van der Waals surface area contributed by atoms with E-state index in [1.54, 1.807) is 0 Å². The molecule has 1 aliphatic carbocycles. The molecule has 1 fully saturated rings. The molecule has 0 bridgehead atoms. The van der Waals surface area contributed by atoms with E-state index in [0.717, 1.165) is 16.8 Å². The summed E-state index contributed by atoms with van der Waals surface area (Å²) in [6.07, 6.45) is 3.90. The largest absolute Gasteiger partial charge is 0.324 e. The van der Waals surface area contributed by atoms with Gasteiger partial charge in [0.25, 0.3) is 0 Å². The third-order valence-corrected chi connectivity index (χ3v) is 3.42. The molecule has 1 saturated carbocycles.